The molecule has 3 atom stereocenters. The van der Waals surface area contributed by atoms with Gasteiger partial charge in [0.1, 0.15) is 6.10 Å². The van der Waals surface area contributed by atoms with Crippen molar-refractivity contribution in [1.29, 1.82) is 0 Å². The first-order chi connectivity index (χ1) is 11.8. The molecular weight excluding hydrogens is 316 g/mol. The highest BCUT2D eigenvalue weighted by molar-refractivity contribution is 5.92. The Morgan fingerprint density at radius 1 is 1.20 bits per heavy atom. The van der Waals surface area contributed by atoms with Gasteiger partial charge < -0.3 is 9.47 Å². The molecule has 0 unspecified atom stereocenters. The van der Waals surface area contributed by atoms with Gasteiger partial charge in [0.25, 0.3) is 0 Å². The third-order valence-electron chi connectivity index (χ3n) is 5.17. The molecule has 1 aromatic rings. The van der Waals surface area contributed by atoms with Gasteiger partial charge in [0, 0.05) is 0 Å². The van der Waals surface area contributed by atoms with Crippen molar-refractivity contribution in [3.63, 3.8) is 0 Å². The molecule has 4 nitrogen and oxygen atoms in total. The van der Waals surface area contributed by atoms with E-state index >= 15 is 0 Å². The highest BCUT2D eigenvalue weighted by Gasteiger charge is 2.33. The molecule has 25 heavy (non-hydrogen) atoms. The van der Waals surface area contributed by atoms with Gasteiger partial charge in [0.2, 0.25) is 0 Å². The van der Waals surface area contributed by atoms with E-state index in [0.717, 1.165) is 24.0 Å². The predicted octanol–water partition coefficient (Wildman–Crippen LogP) is 4.46. The van der Waals surface area contributed by atoms with E-state index in [0.29, 0.717) is 23.3 Å². The van der Waals surface area contributed by atoms with Crippen molar-refractivity contribution < 1.29 is 19.1 Å². The van der Waals surface area contributed by atoms with Crippen molar-refractivity contribution in [3.05, 3.63) is 34.9 Å². The SMILES string of the molecule is Cc1ccc(C(=O)OCC(=O)O[C@H]2C[C@@H](C)CC[C@H]2C(C)C)c(C)c1. The molecule has 1 aromatic carbocycles. The number of hydrogen-bond acceptors (Lipinski definition) is 4. The third kappa shape index (κ3) is 5.32. The Morgan fingerprint density at radius 2 is 1.92 bits per heavy atom. The lowest BCUT2D eigenvalue weighted by Gasteiger charge is -2.36. The second-order valence-electron chi connectivity index (χ2n) is 7.75. The molecule has 1 fully saturated rings. The van der Waals surface area contributed by atoms with Crippen LogP contribution in [0, 0.1) is 31.6 Å². The molecule has 1 aliphatic carbocycles. The van der Waals surface area contributed by atoms with Crippen LogP contribution in [0.1, 0.15) is 61.5 Å². The van der Waals surface area contributed by atoms with Crippen LogP contribution >= 0.6 is 0 Å². The molecule has 2 rings (SSSR count). The van der Waals surface area contributed by atoms with Crippen LogP contribution in [0.15, 0.2) is 18.2 Å². The molecule has 4 heteroatoms. The minimum atomic E-state index is -0.480. The summed E-state index contributed by atoms with van der Waals surface area (Å²) in [5.74, 6) is 0.485. The van der Waals surface area contributed by atoms with Crippen molar-refractivity contribution in [2.75, 3.05) is 6.61 Å². The summed E-state index contributed by atoms with van der Waals surface area (Å²) in [7, 11) is 0. The Hall–Kier alpha value is -1.84. The normalized spacial score (nSPS) is 23.4. The van der Waals surface area contributed by atoms with Gasteiger partial charge in [0.15, 0.2) is 6.61 Å². The van der Waals surface area contributed by atoms with E-state index in [2.05, 4.69) is 20.8 Å². The lowest BCUT2D eigenvalue weighted by molar-refractivity contribution is -0.159. The van der Waals surface area contributed by atoms with Crippen LogP contribution in [-0.4, -0.2) is 24.6 Å². The average Bonchev–Trinajstić information content (AvgIpc) is 2.52. The number of benzene rings is 1. The van der Waals surface area contributed by atoms with Crippen LogP contribution in [0.2, 0.25) is 0 Å². The zero-order chi connectivity index (χ0) is 18.6. The monoisotopic (exact) mass is 346 g/mol. The number of esters is 2. The highest BCUT2D eigenvalue weighted by atomic mass is 16.6. The third-order valence-corrected chi connectivity index (χ3v) is 5.17. The topological polar surface area (TPSA) is 52.6 Å². The van der Waals surface area contributed by atoms with Crippen LogP contribution in [-0.2, 0) is 14.3 Å². The van der Waals surface area contributed by atoms with E-state index in [1.165, 1.54) is 6.42 Å². The largest absolute Gasteiger partial charge is 0.460 e. The van der Waals surface area contributed by atoms with Crippen molar-refractivity contribution >= 4 is 11.9 Å². The van der Waals surface area contributed by atoms with E-state index in [9.17, 15) is 9.59 Å². The summed E-state index contributed by atoms with van der Waals surface area (Å²) in [4.78, 5) is 24.3. The van der Waals surface area contributed by atoms with E-state index in [-0.39, 0.29) is 12.7 Å². The molecule has 0 heterocycles. The minimum absolute atomic E-state index is 0.0731. The number of carbonyl (C=O) groups is 2. The van der Waals surface area contributed by atoms with Gasteiger partial charge in [0.05, 0.1) is 5.56 Å². The average molecular weight is 346 g/mol. The first-order valence-corrected chi connectivity index (χ1v) is 9.21. The van der Waals surface area contributed by atoms with E-state index in [1.54, 1.807) is 6.07 Å². The summed E-state index contributed by atoms with van der Waals surface area (Å²) in [5, 5.41) is 0. The predicted molar refractivity (Wildman–Crippen MR) is 97.4 cm³/mol. The summed E-state index contributed by atoms with van der Waals surface area (Å²) < 4.78 is 10.8. The molecule has 0 spiro atoms. The Morgan fingerprint density at radius 3 is 2.56 bits per heavy atom. The molecule has 0 bridgehead atoms. The molecule has 1 aliphatic rings. The number of hydrogen-bond donors (Lipinski definition) is 0. The maximum Gasteiger partial charge on any atom is 0.344 e. The van der Waals surface area contributed by atoms with Crippen molar-refractivity contribution in [2.45, 2.75) is 60.0 Å². The molecule has 0 saturated heterocycles. The maximum atomic E-state index is 12.2. The van der Waals surface area contributed by atoms with Gasteiger partial charge in [-0.15, -0.1) is 0 Å². The van der Waals surface area contributed by atoms with Crippen molar-refractivity contribution in [1.82, 2.24) is 0 Å². The molecule has 0 aliphatic heterocycles. The maximum absolute atomic E-state index is 12.2. The van der Waals surface area contributed by atoms with Crippen LogP contribution in [0.25, 0.3) is 0 Å². The molecule has 0 aromatic heterocycles. The zero-order valence-corrected chi connectivity index (χ0v) is 16.0. The summed E-state index contributed by atoms with van der Waals surface area (Å²) in [6, 6.07) is 5.51. The highest BCUT2D eigenvalue weighted by Crippen LogP contribution is 2.35. The number of carbonyl (C=O) groups excluding carboxylic acids is 2. The zero-order valence-electron chi connectivity index (χ0n) is 16.0. The molecule has 138 valence electrons. The first-order valence-electron chi connectivity index (χ1n) is 9.21. The van der Waals surface area contributed by atoms with Gasteiger partial charge in [-0.25, -0.2) is 9.59 Å². The number of ether oxygens (including phenoxy) is 2. The molecule has 0 amide bonds. The van der Waals surface area contributed by atoms with Crippen molar-refractivity contribution in [2.24, 2.45) is 17.8 Å². The van der Waals surface area contributed by atoms with E-state index < -0.39 is 11.9 Å². The summed E-state index contributed by atoms with van der Waals surface area (Å²) in [5.41, 5.74) is 2.42. The fourth-order valence-corrected chi connectivity index (χ4v) is 3.70. The van der Waals surface area contributed by atoms with Gasteiger partial charge in [-0.3, -0.25) is 0 Å². The summed E-state index contributed by atoms with van der Waals surface area (Å²) in [6.07, 6.45) is 3.08. The van der Waals surface area contributed by atoms with Crippen molar-refractivity contribution in [3.8, 4) is 0 Å². The van der Waals surface area contributed by atoms with E-state index in [1.807, 2.05) is 26.0 Å². The number of rotatable bonds is 5. The van der Waals surface area contributed by atoms with Gasteiger partial charge >= 0.3 is 11.9 Å². The van der Waals surface area contributed by atoms with Crippen LogP contribution in [0.5, 0.6) is 0 Å². The quantitative estimate of drug-likeness (QED) is 0.739. The molecule has 0 N–H and O–H groups in total. The lowest BCUT2D eigenvalue weighted by Crippen LogP contribution is -2.36. The minimum Gasteiger partial charge on any atom is -0.460 e. The van der Waals surface area contributed by atoms with Crippen LogP contribution < -0.4 is 0 Å². The Kier molecular flexibility index (Phi) is 6.63. The van der Waals surface area contributed by atoms with Crippen LogP contribution in [0.3, 0.4) is 0 Å². The standard InChI is InChI=1S/C21H30O4/c1-13(2)17-8-6-15(4)11-19(17)25-20(22)12-24-21(23)18-9-7-14(3)10-16(18)5/h7,9-10,13,15,17,19H,6,8,11-12H2,1-5H3/t15-,17-,19-/m0/s1. The lowest BCUT2D eigenvalue weighted by atomic mass is 9.75. The molecule has 1 saturated carbocycles. The Balaban J connectivity index is 1.90. The molecule has 0 radical (unpaired) electrons. The molecular formula is C21H30O4. The fraction of sp³-hybridized carbons (Fsp3) is 0.619. The fourth-order valence-electron chi connectivity index (χ4n) is 3.70. The van der Waals surface area contributed by atoms with Gasteiger partial charge in [-0.05, 0) is 56.1 Å². The Labute approximate surface area is 150 Å². The summed E-state index contributed by atoms with van der Waals surface area (Å²) in [6.45, 7) is 10.0. The smallest absolute Gasteiger partial charge is 0.344 e. The van der Waals surface area contributed by atoms with E-state index in [4.69, 9.17) is 9.47 Å². The Bertz CT molecular complexity index is 620. The van der Waals surface area contributed by atoms with Crippen LogP contribution in [0.4, 0.5) is 0 Å². The first kappa shape index (κ1) is 19.5. The van der Waals surface area contributed by atoms with Gasteiger partial charge in [-0.1, -0.05) is 44.9 Å². The summed E-state index contributed by atoms with van der Waals surface area (Å²) >= 11 is 0. The number of aryl methyl sites for hydroxylation is 2. The second kappa shape index (κ2) is 8.50. The second-order valence-corrected chi connectivity index (χ2v) is 7.75. The van der Waals surface area contributed by atoms with Gasteiger partial charge in [-0.2, -0.15) is 0 Å².